The van der Waals surface area contributed by atoms with Gasteiger partial charge in [-0.1, -0.05) is 48.0 Å². The first-order valence-electron chi connectivity index (χ1n) is 11.6. The van der Waals surface area contributed by atoms with Crippen molar-refractivity contribution in [2.75, 3.05) is 19.6 Å². The molecule has 2 fully saturated rings. The Balaban J connectivity index is 1.40. The molecule has 6 heteroatoms. The highest BCUT2D eigenvalue weighted by Crippen LogP contribution is 2.42. The van der Waals surface area contributed by atoms with Crippen LogP contribution >= 0.6 is 11.6 Å². The Morgan fingerprint density at radius 3 is 2.53 bits per heavy atom. The number of likely N-dealkylation sites (tertiary alicyclic amines) is 1. The van der Waals surface area contributed by atoms with E-state index in [0.717, 1.165) is 25.8 Å². The number of carbonyl (C=O) groups excluding carboxylic acids is 1. The fourth-order valence-corrected chi connectivity index (χ4v) is 4.80. The van der Waals surface area contributed by atoms with Gasteiger partial charge in [-0.05, 0) is 69.1 Å². The minimum Gasteiger partial charge on any atom is -0.444 e. The molecule has 4 rings (SSSR count). The third-order valence-electron chi connectivity index (χ3n) is 6.60. The maximum atomic E-state index is 12.6. The van der Waals surface area contributed by atoms with E-state index in [1.54, 1.807) is 0 Å². The Morgan fingerprint density at radius 1 is 1.19 bits per heavy atom. The van der Waals surface area contributed by atoms with Crippen molar-refractivity contribution in [3.05, 3.63) is 64.9 Å². The molecular formula is C26H34ClN3O2. The molecule has 5 nitrogen and oxygen atoms in total. The van der Waals surface area contributed by atoms with Crippen LogP contribution in [0.25, 0.3) is 0 Å². The molecule has 2 aliphatic rings. The van der Waals surface area contributed by atoms with E-state index in [9.17, 15) is 4.79 Å². The molecule has 2 heterocycles. The van der Waals surface area contributed by atoms with E-state index in [-0.39, 0.29) is 11.5 Å². The van der Waals surface area contributed by atoms with E-state index < -0.39 is 5.60 Å². The Bertz CT molecular complexity index is 903. The summed E-state index contributed by atoms with van der Waals surface area (Å²) in [7, 11) is 0. The number of carbonyl (C=O) groups is 1. The second kappa shape index (κ2) is 9.40. The first-order chi connectivity index (χ1) is 15.2. The first-order valence-corrected chi connectivity index (χ1v) is 12.0. The van der Waals surface area contributed by atoms with Crippen LogP contribution in [0.2, 0.25) is 5.15 Å². The Kier molecular flexibility index (Phi) is 6.78. The number of hydrogen-bond donors (Lipinski definition) is 1. The van der Waals surface area contributed by atoms with Crippen molar-refractivity contribution in [2.24, 2.45) is 5.41 Å². The maximum Gasteiger partial charge on any atom is 0.410 e. The fraction of sp³-hybridized carbons (Fsp3) is 0.538. The molecule has 1 amide bonds. The number of aromatic nitrogens is 1. The molecule has 172 valence electrons. The Hall–Kier alpha value is -2.11. The van der Waals surface area contributed by atoms with Crippen LogP contribution in [0.5, 0.6) is 0 Å². The minimum absolute atomic E-state index is 0.0812. The lowest BCUT2D eigenvalue weighted by Gasteiger charge is -2.42. The van der Waals surface area contributed by atoms with E-state index >= 15 is 0 Å². The molecule has 1 aliphatic heterocycles. The second-order valence-electron chi connectivity index (χ2n) is 10.4. The summed E-state index contributed by atoms with van der Waals surface area (Å²) in [6, 6.07) is 15.2. The van der Waals surface area contributed by atoms with Gasteiger partial charge in [0.1, 0.15) is 10.8 Å². The fourth-order valence-electron chi connectivity index (χ4n) is 4.69. The first kappa shape index (κ1) is 23.1. The van der Waals surface area contributed by atoms with Crippen molar-refractivity contribution in [2.45, 2.75) is 64.0 Å². The van der Waals surface area contributed by atoms with Crippen molar-refractivity contribution in [3.8, 4) is 0 Å². The van der Waals surface area contributed by atoms with Gasteiger partial charge in [0.15, 0.2) is 0 Å². The van der Waals surface area contributed by atoms with Gasteiger partial charge in [0, 0.05) is 37.8 Å². The highest BCUT2D eigenvalue weighted by molar-refractivity contribution is 6.29. The van der Waals surface area contributed by atoms with Gasteiger partial charge < -0.3 is 15.0 Å². The van der Waals surface area contributed by atoms with Gasteiger partial charge in [-0.3, -0.25) is 0 Å². The summed E-state index contributed by atoms with van der Waals surface area (Å²) in [5.41, 5.74) is 2.22. The molecule has 1 aliphatic carbocycles. The van der Waals surface area contributed by atoms with Gasteiger partial charge in [0.2, 0.25) is 0 Å². The number of amides is 1. The van der Waals surface area contributed by atoms with E-state index in [0.29, 0.717) is 30.2 Å². The normalized spacial score (nSPS) is 22.4. The third-order valence-corrected chi connectivity index (χ3v) is 6.82. The number of nitrogens with zero attached hydrogens (tertiary/aromatic N) is 2. The summed E-state index contributed by atoms with van der Waals surface area (Å²) in [5.74, 6) is 0.604. The number of hydrogen-bond acceptors (Lipinski definition) is 4. The molecule has 1 N–H and O–H groups in total. The predicted molar refractivity (Wildman–Crippen MR) is 128 cm³/mol. The third kappa shape index (κ3) is 6.02. The molecule has 0 bridgehead atoms. The predicted octanol–water partition coefficient (Wildman–Crippen LogP) is 5.44. The van der Waals surface area contributed by atoms with Crippen LogP contribution in [-0.2, 0) is 11.2 Å². The summed E-state index contributed by atoms with van der Waals surface area (Å²) >= 11 is 6.00. The van der Waals surface area contributed by atoms with Crippen molar-refractivity contribution >= 4 is 17.7 Å². The van der Waals surface area contributed by atoms with E-state index in [1.807, 2.05) is 37.9 Å². The topological polar surface area (TPSA) is 54.5 Å². The van der Waals surface area contributed by atoms with Gasteiger partial charge in [0.25, 0.3) is 0 Å². The summed E-state index contributed by atoms with van der Waals surface area (Å²) < 4.78 is 5.59. The molecule has 0 radical (unpaired) electrons. The number of pyridine rings is 1. The average molecular weight is 456 g/mol. The van der Waals surface area contributed by atoms with E-state index in [1.165, 1.54) is 17.5 Å². The van der Waals surface area contributed by atoms with Crippen molar-refractivity contribution < 1.29 is 9.53 Å². The summed E-state index contributed by atoms with van der Waals surface area (Å²) in [6.07, 6.45) is 5.66. The van der Waals surface area contributed by atoms with Crippen molar-refractivity contribution in [1.82, 2.24) is 15.2 Å². The number of ether oxygens (including phenoxy) is 1. The van der Waals surface area contributed by atoms with Crippen LogP contribution < -0.4 is 5.32 Å². The number of halogens is 1. The van der Waals surface area contributed by atoms with Crippen molar-refractivity contribution in [3.63, 3.8) is 0 Å². The van der Waals surface area contributed by atoms with Crippen LogP contribution in [0.3, 0.4) is 0 Å². The minimum atomic E-state index is -0.472. The molecule has 32 heavy (non-hydrogen) atoms. The zero-order chi connectivity index (χ0) is 22.8. The highest BCUT2D eigenvalue weighted by Gasteiger charge is 2.42. The molecule has 1 aromatic carbocycles. The van der Waals surface area contributed by atoms with Crippen LogP contribution in [0.4, 0.5) is 4.79 Å². The van der Waals surface area contributed by atoms with Gasteiger partial charge in [-0.15, -0.1) is 0 Å². The van der Waals surface area contributed by atoms with Crippen LogP contribution in [0.15, 0.2) is 48.7 Å². The molecule has 1 saturated carbocycles. The van der Waals surface area contributed by atoms with Crippen LogP contribution in [0.1, 0.15) is 57.1 Å². The van der Waals surface area contributed by atoms with Crippen LogP contribution in [0, 0.1) is 5.41 Å². The molecule has 0 spiro atoms. The Labute approximate surface area is 196 Å². The Morgan fingerprint density at radius 2 is 1.91 bits per heavy atom. The van der Waals surface area contributed by atoms with Gasteiger partial charge in [0.05, 0.1) is 0 Å². The SMILES string of the molecule is CC(C)(C)OC(=O)N1CCC(CN[C@@H]2CC2c2ccccc2)(Cc2ccc(Cl)nc2)CC1. The zero-order valence-electron chi connectivity index (χ0n) is 19.3. The highest BCUT2D eigenvalue weighted by atomic mass is 35.5. The van der Waals surface area contributed by atoms with Crippen molar-refractivity contribution in [1.29, 1.82) is 0 Å². The maximum absolute atomic E-state index is 12.6. The second-order valence-corrected chi connectivity index (χ2v) is 10.8. The van der Waals surface area contributed by atoms with Crippen LogP contribution in [-0.4, -0.2) is 47.3 Å². The number of benzene rings is 1. The largest absolute Gasteiger partial charge is 0.444 e. The molecular weight excluding hydrogens is 422 g/mol. The quantitative estimate of drug-likeness (QED) is 0.589. The number of piperidine rings is 1. The lowest BCUT2D eigenvalue weighted by atomic mass is 9.74. The zero-order valence-corrected chi connectivity index (χ0v) is 20.1. The van der Waals surface area contributed by atoms with E-state index in [2.05, 4.69) is 46.7 Å². The molecule has 2 atom stereocenters. The van der Waals surface area contributed by atoms with Gasteiger partial charge in [-0.25, -0.2) is 9.78 Å². The van der Waals surface area contributed by atoms with E-state index in [4.69, 9.17) is 16.3 Å². The lowest BCUT2D eigenvalue weighted by molar-refractivity contribution is 0.00990. The molecule has 1 saturated heterocycles. The molecule has 2 aromatic rings. The monoisotopic (exact) mass is 455 g/mol. The molecule has 1 unspecified atom stereocenters. The summed E-state index contributed by atoms with van der Waals surface area (Å²) in [4.78, 5) is 18.7. The van der Waals surface area contributed by atoms with Gasteiger partial charge in [-0.2, -0.15) is 0 Å². The summed E-state index contributed by atoms with van der Waals surface area (Å²) in [6.45, 7) is 8.10. The summed E-state index contributed by atoms with van der Waals surface area (Å²) in [5, 5.41) is 4.37. The number of nitrogens with one attached hydrogen (secondary N) is 1. The lowest BCUT2D eigenvalue weighted by Crippen LogP contribution is -2.49. The van der Waals surface area contributed by atoms with Gasteiger partial charge >= 0.3 is 6.09 Å². The average Bonchev–Trinajstić information content (AvgIpc) is 3.54. The molecule has 1 aromatic heterocycles. The standard InChI is InChI=1S/C26H34ClN3O2/c1-25(2,3)32-24(31)30-13-11-26(12-14-30,16-19-9-10-23(27)28-17-19)18-29-22-15-21(22)20-7-5-4-6-8-20/h4-10,17,21-22,29H,11-16,18H2,1-3H3/t21?,22-/m1/s1. The smallest absolute Gasteiger partial charge is 0.410 e. The number of rotatable bonds is 6.